The second-order valence-corrected chi connectivity index (χ2v) is 7.44. The number of carboxylic acids is 1. The highest BCUT2D eigenvalue weighted by Crippen LogP contribution is 2.59. The van der Waals surface area contributed by atoms with Gasteiger partial charge < -0.3 is 10.0 Å². The lowest BCUT2D eigenvalue weighted by atomic mass is 9.88. The zero-order valence-electron chi connectivity index (χ0n) is 13.9. The number of benzene rings is 1. The number of piperidine rings is 1. The Morgan fingerprint density at radius 2 is 1.88 bits per heavy atom. The number of amides is 1. The summed E-state index contributed by atoms with van der Waals surface area (Å²) < 4.78 is 13.1. The van der Waals surface area contributed by atoms with Crippen molar-refractivity contribution in [3.63, 3.8) is 0 Å². The Bertz CT molecular complexity index is 685. The normalized spacial score (nSPS) is 30.4. The molecule has 2 heterocycles. The number of carbonyl (C=O) groups excluding carboxylic acids is 1. The summed E-state index contributed by atoms with van der Waals surface area (Å²) in [5.74, 6) is -1.40. The minimum atomic E-state index is -0.708. The molecular formula is C18H22FN3O3. The Kier molecular flexibility index (Phi) is 4.00. The third-order valence-electron chi connectivity index (χ3n) is 6.09. The van der Waals surface area contributed by atoms with E-state index < -0.39 is 5.97 Å². The van der Waals surface area contributed by atoms with Gasteiger partial charge in [0.2, 0.25) is 5.91 Å². The number of rotatable bonds is 3. The molecule has 4 rings (SSSR count). The first-order chi connectivity index (χ1) is 12.0. The summed E-state index contributed by atoms with van der Waals surface area (Å²) in [6.45, 7) is 1.77. The third-order valence-corrected chi connectivity index (χ3v) is 6.09. The van der Waals surface area contributed by atoms with Crippen molar-refractivity contribution < 1.29 is 19.1 Å². The number of carbonyl (C=O) groups is 2. The topological polar surface area (TPSA) is 81.7 Å². The lowest BCUT2D eigenvalue weighted by molar-refractivity contribution is -0.140. The number of hydrazine groups is 1. The number of hydrogen-bond donors (Lipinski definition) is 3. The van der Waals surface area contributed by atoms with Crippen molar-refractivity contribution in [2.75, 3.05) is 19.6 Å². The van der Waals surface area contributed by atoms with Crippen molar-refractivity contribution in [1.82, 2.24) is 15.8 Å². The van der Waals surface area contributed by atoms with E-state index in [1.54, 1.807) is 12.1 Å². The molecule has 1 spiro atoms. The van der Waals surface area contributed by atoms with Crippen molar-refractivity contribution in [3.05, 3.63) is 35.6 Å². The molecule has 134 valence electrons. The van der Waals surface area contributed by atoms with Gasteiger partial charge in [-0.1, -0.05) is 12.1 Å². The zero-order chi connectivity index (χ0) is 17.6. The average molecular weight is 347 g/mol. The first-order valence-corrected chi connectivity index (χ1v) is 8.76. The minimum Gasteiger partial charge on any atom is -0.481 e. The molecule has 25 heavy (non-hydrogen) atoms. The van der Waals surface area contributed by atoms with Crippen LogP contribution in [0.25, 0.3) is 0 Å². The molecular weight excluding hydrogens is 325 g/mol. The van der Waals surface area contributed by atoms with Gasteiger partial charge in [-0.3, -0.25) is 15.0 Å². The lowest BCUT2D eigenvalue weighted by Crippen LogP contribution is -2.44. The molecule has 6 nitrogen and oxygen atoms in total. The van der Waals surface area contributed by atoms with Gasteiger partial charge in [0.15, 0.2) is 0 Å². The van der Waals surface area contributed by atoms with Crippen LogP contribution < -0.4 is 10.9 Å². The van der Waals surface area contributed by atoms with Gasteiger partial charge in [0.1, 0.15) is 5.82 Å². The average Bonchev–Trinajstić information content (AvgIpc) is 3.09. The quantitative estimate of drug-likeness (QED) is 0.768. The van der Waals surface area contributed by atoms with Gasteiger partial charge in [-0.05, 0) is 42.4 Å². The molecule has 2 saturated heterocycles. The number of aliphatic carboxylic acids is 1. The summed E-state index contributed by atoms with van der Waals surface area (Å²) in [5, 5.41) is 9.17. The Morgan fingerprint density at radius 3 is 2.48 bits per heavy atom. The van der Waals surface area contributed by atoms with Gasteiger partial charge in [-0.25, -0.2) is 9.82 Å². The van der Waals surface area contributed by atoms with Crippen LogP contribution in [0.2, 0.25) is 0 Å². The van der Waals surface area contributed by atoms with E-state index in [1.165, 1.54) is 12.1 Å². The maximum Gasteiger partial charge on any atom is 0.307 e. The molecule has 1 aliphatic carbocycles. The largest absolute Gasteiger partial charge is 0.481 e. The molecule has 3 unspecified atom stereocenters. The molecule has 3 aliphatic rings. The van der Waals surface area contributed by atoms with Crippen LogP contribution in [0.1, 0.15) is 30.9 Å². The Balaban J connectivity index is 1.41. The van der Waals surface area contributed by atoms with Crippen LogP contribution in [0.15, 0.2) is 24.3 Å². The van der Waals surface area contributed by atoms with Crippen molar-refractivity contribution in [2.24, 2.45) is 17.3 Å². The van der Waals surface area contributed by atoms with E-state index in [2.05, 4.69) is 10.9 Å². The van der Waals surface area contributed by atoms with Crippen LogP contribution in [0.4, 0.5) is 4.39 Å². The first kappa shape index (κ1) is 16.5. The van der Waals surface area contributed by atoms with Crippen molar-refractivity contribution in [1.29, 1.82) is 0 Å². The van der Waals surface area contributed by atoms with E-state index in [0.29, 0.717) is 19.6 Å². The minimum absolute atomic E-state index is 0.0780. The Morgan fingerprint density at radius 1 is 1.20 bits per heavy atom. The second-order valence-electron chi connectivity index (χ2n) is 7.44. The number of nitrogens with zero attached hydrogens (tertiary/aromatic N) is 1. The SMILES string of the molecule is O=C(O)C1CC12CCN(C(=O)C1CNNC1c1ccc(F)cc1)CC2. The highest BCUT2D eigenvalue weighted by molar-refractivity contribution is 5.81. The van der Waals surface area contributed by atoms with Crippen LogP contribution in [-0.4, -0.2) is 41.5 Å². The fraction of sp³-hybridized carbons (Fsp3) is 0.556. The molecule has 0 bridgehead atoms. The van der Waals surface area contributed by atoms with Crippen LogP contribution in [0, 0.1) is 23.1 Å². The molecule has 3 fully saturated rings. The number of nitrogens with one attached hydrogen (secondary N) is 2. The van der Waals surface area contributed by atoms with Gasteiger partial charge in [0, 0.05) is 19.6 Å². The van der Waals surface area contributed by atoms with Gasteiger partial charge in [-0.2, -0.15) is 0 Å². The van der Waals surface area contributed by atoms with Crippen LogP contribution in [0.5, 0.6) is 0 Å². The molecule has 7 heteroatoms. The summed E-state index contributed by atoms with van der Waals surface area (Å²) in [4.78, 5) is 26.0. The van der Waals surface area contributed by atoms with Crippen LogP contribution in [0.3, 0.4) is 0 Å². The predicted octanol–water partition coefficient (Wildman–Crippen LogP) is 1.30. The molecule has 2 aliphatic heterocycles. The Labute approximate surface area is 145 Å². The highest BCUT2D eigenvalue weighted by atomic mass is 19.1. The van der Waals surface area contributed by atoms with Gasteiger partial charge in [0.05, 0.1) is 17.9 Å². The third kappa shape index (κ3) is 2.91. The van der Waals surface area contributed by atoms with E-state index in [0.717, 1.165) is 24.8 Å². The van der Waals surface area contributed by atoms with Gasteiger partial charge in [0.25, 0.3) is 0 Å². The monoisotopic (exact) mass is 347 g/mol. The predicted molar refractivity (Wildman–Crippen MR) is 87.8 cm³/mol. The molecule has 0 radical (unpaired) electrons. The van der Waals surface area contributed by atoms with E-state index in [-0.39, 0.29) is 35.0 Å². The lowest BCUT2D eigenvalue weighted by Gasteiger charge is -2.35. The molecule has 0 aromatic heterocycles. The first-order valence-electron chi connectivity index (χ1n) is 8.76. The molecule has 1 aromatic rings. The Hall–Kier alpha value is -1.99. The number of hydrogen-bond acceptors (Lipinski definition) is 4. The summed E-state index contributed by atoms with van der Waals surface area (Å²) in [6, 6.07) is 6.03. The van der Waals surface area contributed by atoms with E-state index in [4.69, 9.17) is 0 Å². The van der Waals surface area contributed by atoms with Crippen molar-refractivity contribution in [3.8, 4) is 0 Å². The van der Waals surface area contributed by atoms with Crippen LogP contribution in [-0.2, 0) is 9.59 Å². The summed E-state index contributed by atoms with van der Waals surface area (Å²) in [7, 11) is 0. The zero-order valence-corrected chi connectivity index (χ0v) is 13.9. The standard InChI is InChI=1S/C18H22FN3O3/c19-12-3-1-11(2-4-12)15-13(10-20-21-15)16(23)22-7-5-18(6-8-22)9-14(18)17(24)25/h1-4,13-15,20-21H,5-10H2,(H,24,25). The molecule has 1 saturated carbocycles. The second kappa shape index (κ2) is 6.07. The van der Waals surface area contributed by atoms with Crippen molar-refractivity contribution >= 4 is 11.9 Å². The van der Waals surface area contributed by atoms with E-state index in [1.807, 2.05) is 4.90 Å². The van der Waals surface area contributed by atoms with Gasteiger partial charge in [-0.15, -0.1) is 0 Å². The maximum absolute atomic E-state index is 13.1. The van der Waals surface area contributed by atoms with Gasteiger partial charge >= 0.3 is 5.97 Å². The molecule has 3 N–H and O–H groups in total. The number of likely N-dealkylation sites (tertiary alicyclic amines) is 1. The smallest absolute Gasteiger partial charge is 0.307 e. The summed E-state index contributed by atoms with van der Waals surface area (Å²) >= 11 is 0. The molecule has 1 aromatic carbocycles. The fourth-order valence-electron chi connectivity index (χ4n) is 4.37. The fourth-order valence-corrected chi connectivity index (χ4v) is 4.37. The maximum atomic E-state index is 13.1. The molecule has 3 atom stereocenters. The number of halogens is 1. The highest BCUT2D eigenvalue weighted by Gasteiger charge is 2.59. The molecule has 1 amide bonds. The van der Waals surface area contributed by atoms with E-state index >= 15 is 0 Å². The van der Waals surface area contributed by atoms with E-state index in [9.17, 15) is 19.1 Å². The summed E-state index contributed by atoms with van der Waals surface area (Å²) in [5.41, 5.74) is 6.96. The summed E-state index contributed by atoms with van der Waals surface area (Å²) in [6.07, 6.45) is 2.28. The number of carboxylic acid groups (broad SMARTS) is 1. The van der Waals surface area contributed by atoms with Crippen LogP contribution >= 0.6 is 0 Å². The van der Waals surface area contributed by atoms with Crippen molar-refractivity contribution in [2.45, 2.75) is 25.3 Å².